The molecule has 1 atom stereocenters. The molecule has 1 aliphatic heterocycles. The lowest BCUT2D eigenvalue weighted by atomic mass is 10.1. The Labute approximate surface area is 162 Å². The second-order valence-electron chi connectivity index (χ2n) is 7.54. The van der Waals surface area contributed by atoms with E-state index in [4.69, 9.17) is 9.72 Å². The van der Waals surface area contributed by atoms with Crippen LogP contribution in [-0.2, 0) is 0 Å². The molecule has 5 nitrogen and oxygen atoms in total. The van der Waals surface area contributed by atoms with E-state index in [1.807, 2.05) is 12.1 Å². The predicted octanol–water partition coefficient (Wildman–Crippen LogP) is 3.39. The quantitative estimate of drug-likeness (QED) is 0.791. The van der Waals surface area contributed by atoms with Gasteiger partial charge in [-0.1, -0.05) is 23.8 Å². The number of hydrogen-bond acceptors (Lipinski definition) is 5. The Hall–Kier alpha value is -2.11. The summed E-state index contributed by atoms with van der Waals surface area (Å²) in [6.45, 7) is 10.3. The molecule has 0 bridgehead atoms. The maximum Gasteiger partial charge on any atom is 0.145 e. The summed E-state index contributed by atoms with van der Waals surface area (Å²) in [5.41, 5.74) is 3.46. The number of piperazine rings is 1. The maximum atomic E-state index is 9.53. The lowest BCUT2D eigenvalue weighted by molar-refractivity contribution is 0.155. The van der Waals surface area contributed by atoms with E-state index in [0.717, 1.165) is 55.1 Å². The van der Waals surface area contributed by atoms with E-state index < -0.39 is 0 Å². The summed E-state index contributed by atoms with van der Waals surface area (Å²) in [7, 11) is 1.69. The van der Waals surface area contributed by atoms with Gasteiger partial charge in [-0.25, -0.2) is 4.98 Å². The highest BCUT2D eigenvalue weighted by Crippen LogP contribution is 2.30. The molecule has 1 N–H and O–H groups in total. The molecule has 0 spiro atoms. The number of aliphatic hydroxyl groups excluding tert-OH is 1. The molecule has 1 aliphatic rings. The van der Waals surface area contributed by atoms with Crippen molar-refractivity contribution in [2.24, 2.45) is 0 Å². The molecule has 0 amide bonds. The molecular formula is C22H31N3O2. The average Bonchev–Trinajstić information content (AvgIpc) is 2.66. The molecule has 1 aromatic heterocycles. The third-order valence-electron chi connectivity index (χ3n) is 5.34. The fourth-order valence-corrected chi connectivity index (χ4v) is 3.76. The van der Waals surface area contributed by atoms with Crippen LogP contribution in [0.2, 0.25) is 0 Å². The van der Waals surface area contributed by atoms with Gasteiger partial charge >= 0.3 is 0 Å². The van der Waals surface area contributed by atoms with Gasteiger partial charge in [0.2, 0.25) is 0 Å². The minimum absolute atomic E-state index is 0.210. The van der Waals surface area contributed by atoms with Gasteiger partial charge in [-0.2, -0.15) is 0 Å². The zero-order chi connectivity index (χ0) is 19.4. The second kappa shape index (κ2) is 8.72. The first-order chi connectivity index (χ1) is 13.0. The molecule has 1 fully saturated rings. The summed E-state index contributed by atoms with van der Waals surface area (Å²) in [5.74, 6) is 1.81. The highest BCUT2D eigenvalue weighted by Gasteiger charge is 2.27. The molecule has 2 heterocycles. The number of hydrogen-bond donors (Lipinski definition) is 1. The first-order valence-electron chi connectivity index (χ1n) is 9.71. The molecule has 1 saturated heterocycles. The Kier molecular flexibility index (Phi) is 6.34. The number of ether oxygens (including phenoxy) is 1. The van der Waals surface area contributed by atoms with Gasteiger partial charge < -0.3 is 14.7 Å². The molecule has 5 heteroatoms. The Morgan fingerprint density at radius 1 is 1.33 bits per heavy atom. The monoisotopic (exact) mass is 369 g/mol. The fraction of sp³-hybridized carbons (Fsp3) is 0.500. The number of rotatable bonds is 6. The van der Waals surface area contributed by atoms with E-state index in [2.05, 4.69) is 48.8 Å². The van der Waals surface area contributed by atoms with Crippen molar-refractivity contribution in [3.05, 3.63) is 41.5 Å². The Bertz CT molecular complexity index is 815. The topological polar surface area (TPSA) is 48.8 Å². The van der Waals surface area contributed by atoms with E-state index >= 15 is 0 Å². The summed E-state index contributed by atoms with van der Waals surface area (Å²) in [6, 6.07) is 8.56. The number of para-hydroxylation sites is 1. The van der Waals surface area contributed by atoms with Crippen LogP contribution in [0.15, 0.2) is 35.9 Å². The largest absolute Gasteiger partial charge is 0.494 e. The first-order valence-corrected chi connectivity index (χ1v) is 9.71. The summed E-state index contributed by atoms with van der Waals surface area (Å²) in [5, 5.41) is 10.7. The van der Waals surface area contributed by atoms with Crippen LogP contribution in [0.3, 0.4) is 0 Å². The van der Waals surface area contributed by atoms with Crippen molar-refractivity contribution in [1.29, 1.82) is 0 Å². The first kappa shape index (κ1) is 19.6. The van der Waals surface area contributed by atoms with Gasteiger partial charge in [-0.15, -0.1) is 0 Å². The molecule has 1 aromatic carbocycles. The van der Waals surface area contributed by atoms with Crippen molar-refractivity contribution in [2.45, 2.75) is 33.2 Å². The van der Waals surface area contributed by atoms with Crippen LogP contribution in [0.1, 0.15) is 25.8 Å². The number of aromatic nitrogens is 1. The van der Waals surface area contributed by atoms with Crippen LogP contribution in [0.5, 0.6) is 5.75 Å². The predicted molar refractivity (Wildman–Crippen MR) is 112 cm³/mol. The summed E-state index contributed by atoms with van der Waals surface area (Å²) in [6.07, 6.45) is 3.05. The zero-order valence-electron chi connectivity index (χ0n) is 16.9. The zero-order valence-corrected chi connectivity index (χ0v) is 16.9. The van der Waals surface area contributed by atoms with Crippen molar-refractivity contribution in [2.75, 3.05) is 44.8 Å². The normalized spacial score (nSPS) is 18.0. The van der Waals surface area contributed by atoms with E-state index in [0.29, 0.717) is 6.04 Å². The SMILES string of the molecule is COc1cccc2c(C)cc(N3CCN(CC=C(C)C)[C@H](CCO)C3)nc12. The molecule has 0 aliphatic carbocycles. The van der Waals surface area contributed by atoms with Crippen molar-refractivity contribution in [3.8, 4) is 5.75 Å². The molecule has 27 heavy (non-hydrogen) atoms. The minimum Gasteiger partial charge on any atom is -0.494 e. The van der Waals surface area contributed by atoms with Crippen molar-refractivity contribution in [3.63, 3.8) is 0 Å². The van der Waals surface area contributed by atoms with Gasteiger partial charge in [-0.3, -0.25) is 4.90 Å². The van der Waals surface area contributed by atoms with Crippen LogP contribution in [0, 0.1) is 6.92 Å². The van der Waals surface area contributed by atoms with Crippen LogP contribution in [-0.4, -0.2) is 60.9 Å². The summed E-state index contributed by atoms with van der Waals surface area (Å²) in [4.78, 5) is 9.74. The minimum atomic E-state index is 0.210. The molecule has 0 radical (unpaired) electrons. The number of pyridine rings is 1. The number of aliphatic hydroxyl groups is 1. The summed E-state index contributed by atoms with van der Waals surface area (Å²) >= 11 is 0. The molecule has 0 saturated carbocycles. The second-order valence-corrected chi connectivity index (χ2v) is 7.54. The Morgan fingerprint density at radius 3 is 2.85 bits per heavy atom. The van der Waals surface area contributed by atoms with Gasteiger partial charge in [0.15, 0.2) is 0 Å². The number of fused-ring (bicyclic) bond motifs is 1. The maximum absolute atomic E-state index is 9.53. The Morgan fingerprint density at radius 2 is 2.15 bits per heavy atom. The van der Waals surface area contributed by atoms with E-state index in [9.17, 15) is 5.11 Å². The van der Waals surface area contributed by atoms with E-state index in [1.54, 1.807) is 7.11 Å². The van der Waals surface area contributed by atoms with Crippen molar-refractivity contribution in [1.82, 2.24) is 9.88 Å². The number of benzene rings is 1. The van der Waals surface area contributed by atoms with Crippen LogP contribution in [0.25, 0.3) is 10.9 Å². The molecule has 3 rings (SSSR count). The summed E-state index contributed by atoms with van der Waals surface area (Å²) < 4.78 is 5.53. The van der Waals surface area contributed by atoms with Crippen LogP contribution >= 0.6 is 0 Å². The Balaban J connectivity index is 1.87. The number of methoxy groups -OCH3 is 1. The highest BCUT2D eigenvalue weighted by molar-refractivity contribution is 5.88. The number of aryl methyl sites for hydroxylation is 1. The lowest BCUT2D eigenvalue weighted by Gasteiger charge is -2.41. The third kappa shape index (κ3) is 4.42. The van der Waals surface area contributed by atoms with E-state index in [-0.39, 0.29) is 6.61 Å². The molecule has 2 aromatic rings. The number of allylic oxidation sites excluding steroid dienone is 1. The standard InChI is InChI=1S/C22H31N3O2/c1-16(2)8-10-24-11-12-25(15-18(24)9-13-26)21-14-17(3)19-6-5-7-20(27-4)22(19)23-21/h5-8,14,18,26H,9-13,15H2,1-4H3/t18-/m1/s1. The van der Waals surface area contributed by atoms with Crippen molar-refractivity contribution < 1.29 is 9.84 Å². The molecular weight excluding hydrogens is 338 g/mol. The van der Waals surface area contributed by atoms with Gasteiger partial charge in [0.1, 0.15) is 17.1 Å². The smallest absolute Gasteiger partial charge is 0.145 e. The van der Waals surface area contributed by atoms with Crippen LogP contribution in [0.4, 0.5) is 5.82 Å². The highest BCUT2D eigenvalue weighted by atomic mass is 16.5. The average molecular weight is 370 g/mol. The van der Waals surface area contributed by atoms with Gasteiger partial charge in [0.25, 0.3) is 0 Å². The van der Waals surface area contributed by atoms with Gasteiger partial charge in [-0.05, 0) is 44.9 Å². The molecule has 0 unspecified atom stereocenters. The van der Waals surface area contributed by atoms with Gasteiger partial charge in [0.05, 0.1) is 7.11 Å². The lowest BCUT2D eigenvalue weighted by Crippen LogP contribution is -2.53. The van der Waals surface area contributed by atoms with Gasteiger partial charge in [0, 0.05) is 44.2 Å². The fourth-order valence-electron chi connectivity index (χ4n) is 3.76. The van der Waals surface area contributed by atoms with E-state index in [1.165, 1.54) is 11.1 Å². The van der Waals surface area contributed by atoms with Crippen LogP contribution < -0.4 is 9.64 Å². The van der Waals surface area contributed by atoms with Crippen molar-refractivity contribution >= 4 is 16.7 Å². The number of nitrogens with zero attached hydrogens (tertiary/aromatic N) is 3. The third-order valence-corrected chi connectivity index (χ3v) is 5.34. The molecule has 146 valence electrons. The number of anilines is 1.